The van der Waals surface area contributed by atoms with Crippen LogP contribution in [0.1, 0.15) is 10.6 Å². The fourth-order valence-corrected chi connectivity index (χ4v) is 3.47. The van der Waals surface area contributed by atoms with Gasteiger partial charge in [0.2, 0.25) is 0 Å². The number of thiazole rings is 1. The van der Waals surface area contributed by atoms with E-state index in [9.17, 15) is 0 Å². The summed E-state index contributed by atoms with van der Waals surface area (Å²) < 4.78 is 1.15. The molecule has 1 aromatic carbocycles. The molecule has 1 fully saturated rings. The van der Waals surface area contributed by atoms with Gasteiger partial charge in [0.25, 0.3) is 0 Å². The van der Waals surface area contributed by atoms with Crippen LogP contribution in [0.3, 0.4) is 0 Å². The molecule has 1 N–H and O–H groups in total. The Bertz CT molecular complexity index is 506. The summed E-state index contributed by atoms with van der Waals surface area (Å²) in [5.41, 5.74) is 1.64. The summed E-state index contributed by atoms with van der Waals surface area (Å²) in [6, 6.07) is 8.64. The Labute approximate surface area is 113 Å². The van der Waals surface area contributed by atoms with Crippen LogP contribution >= 0.6 is 27.3 Å². The second kappa shape index (κ2) is 4.52. The summed E-state index contributed by atoms with van der Waals surface area (Å²) in [4.78, 5) is 4.41. The van der Waals surface area contributed by atoms with Crippen molar-refractivity contribution in [1.29, 1.82) is 0 Å². The van der Waals surface area contributed by atoms with E-state index >= 15 is 0 Å². The van der Waals surface area contributed by atoms with Crippen molar-refractivity contribution in [2.75, 3.05) is 13.1 Å². The predicted octanol–water partition coefficient (Wildman–Crippen LogP) is 2.99. The topological polar surface area (TPSA) is 24.9 Å². The molecule has 17 heavy (non-hydrogen) atoms. The van der Waals surface area contributed by atoms with Gasteiger partial charge in [-0.2, -0.15) is 0 Å². The summed E-state index contributed by atoms with van der Waals surface area (Å²) in [6.45, 7) is 2.09. The van der Waals surface area contributed by atoms with Gasteiger partial charge in [-0.1, -0.05) is 28.1 Å². The number of rotatable bonds is 3. The van der Waals surface area contributed by atoms with Crippen molar-refractivity contribution >= 4 is 27.3 Å². The Kier molecular flexibility index (Phi) is 3.03. The van der Waals surface area contributed by atoms with E-state index in [0.717, 1.165) is 24.0 Å². The lowest BCUT2D eigenvalue weighted by Gasteiger charge is -2.43. The fourth-order valence-electron chi connectivity index (χ4n) is 2.31. The second-order valence-corrected chi connectivity index (χ2v) is 6.39. The minimum absolute atomic E-state index is 0.238. The van der Waals surface area contributed by atoms with E-state index in [-0.39, 0.29) is 5.41 Å². The van der Waals surface area contributed by atoms with Gasteiger partial charge in [0, 0.05) is 41.0 Å². The number of nitrogens with zero attached hydrogens (tertiary/aromatic N) is 1. The van der Waals surface area contributed by atoms with E-state index in [4.69, 9.17) is 0 Å². The van der Waals surface area contributed by atoms with Gasteiger partial charge in [0.1, 0.15) is 0 Å². The number of benzene rings is 1. The molecule has 2 heterocycles. The Morgan fingerprint density at radius 3 is 2.88 bits per heavy atom. The first-order valence-corrected chi connectivity index (χ1v) is 7.31. The average molecular weight is 309 g/mol. The van der Waals surface area contributed by atoms with Crippen LogP contribution in [0, 0.1) is 0 Å². The molecule has 1 aliphatic heterocycles. The minimum atomic E-state index is 0.238. The highest BCUT2D eigenvalue weighted by molar-refractivity contribution is 9.10. The van der Waals surface area contributed by atoms with Gasteiger partial charge in [0.15, 0.2) is 0 Å². The molecule has 0 unspecified atom stereocenters. The first-order chi connectivity index (χ1) is 8.28. The normalized spacial score (nSPS) is 17.7. The molecule has 3 rings (SSSR count). The molecule has 1 saturated heterocycles. The first kappa shape index (κ1) is 11.4. The smallest absolute Gasteiger partial charge is 0.0934 e. The van der Waals surface area contributed by atoms with E-state index < -0.39 is 0 Å². The van der Waals surface area contributed by atoms with E-state index in [2.05, 4.69) is 55.9 Å². The van der Waals surface area contributed by atoms with Crippen LogP contribution < -0.4 is 5.32 Å². The highest BCUT2D eigenvalue weighted by Gasteiger charge is 2.39. The molecule has 0 amide bonds. The van der Waals surface area contributed by atoms with E-state index in [1.54, 1.807) is 11.3 Å². The third-order valence-electron chi connectivity index (χ3n) is 3.34. The van der Waals surface area contributed by atoms with Gasteiger partial charge >= 0.3 is 0 Å². The molecule has 88 valence electrons. The van der Waals surface area contributed by atoms with Crippen molar-refractivity contribution in [1.82, 2.24) is 10.3 Å². The van der Waals surface area contributed by atoms with Gasteiger partial charge in [0.05, 0.1) is 5.01 Å². The van der Waals surface area contributed by atoms with Crippen molar-refractivity contribution in [3.8, 4) is 0 Å². The second-order valence-electron chi connectivity index (χ2n) is 4.50. The number of halogens is 1. The quantitative estimate of drug-likeness (QED) is 0.943. The third kappa shape index (κ3) is 2.17. The fraction of sp³-hybridized carbons (Fsp3) is 0.308. The Hall–Kier alpha value is -0.710. The third-order valence-corrected chi connectivity index (χ3v) is 4.61. The van der Waals surface area contributed by atoms with Crippen LogP contribution in [0.25, 0.3) is 0 Å². The van der Waals surface area contributed by atoms with Crippen molar-refractivity contribution < 1.29 is 0 Å². The van der Waals surface area contributed by atoms with Gasteiger partial charge in [-0.3, -0.25) is 0 Å². The predicted molar refractivity (Wildman–Crippen MR) is 74.5 cm³/mol. The molecular formula is C13H13BrN2S. The highest BCUT2D eigenvalue weighted by Crippen LogP contribution is 2.34. The monoisotopic (exact) mass is 308 g/mol. The zero-order valence-electron chi connectivity index (χ0n) is 9.32. The summed E-state index contributed by atoms with van der Waals surface area (Å²) in [5, 5.41) is 6.67. The molecule has 0 radical (unpaired) electrons. The van der Waals surface area contributed by atoms with Gasteiger partial charge in [-0.05, 0) is 17.7 Å². The zero-order valence-corrected chi connectivity index (χ0v) is 11.7. The summed E-state index contributed by atoms with van der Waals surface area (Å²) in [7, 11) is 0. The number of aromatic nitrogens is 1. The standard InChI is InChI=1S/C13H13BrN2S/c14-11-3-1-2-10(6-11)13(8-15-9-13)7-12-16-4-5-17-12/h1-6,15H,7-9H2. The average Bonchev–Trinajstić information content (AvgIpc) is 2.76. The maximum absolute atomic E-state index is 4.41. The van der Waals surface area contributed by atoms with Crippen molar-refractivity contribution in [3.05, 3.63) is 50.9 Å². The molecule has 2 nitrogen and oxygen atoms in total. The lowest BCUT2D eigenvalue weighted by atomic mass is 9.73. The van der Waals surface area contributed by atoms with Crippen LogP contribution in [0.5, 0.6) is 0 Å². The van der Waals surface area contributed by atoms with Crippen molar-refractivity contribution in [2.45, 2.75) is 11.8 Å². The van der Waals surface area contributed by atoms with Gasteiger partial charge < -0.3 is 5.32 Å². The number of nitrogens with one attached hydrogen (secondary N) is 1. The molecule has 1 aromatic heterocycles. The molecule has 0 spiro atoms. The lowest BCUT2D eigenvalue weighted by molar-refractivity contribution is 0.274. The number of hydrogen-bond acceptors (Lipinski definition) is 3. The molecule has 1 aliphatic rings. The molecule has 0 aliphatic carbocycles. The Balaban J connectivity index is 1.92. The van der Waals surface area contributed by atoms with Crippen LogP contribution in [0.15, 0.2) is 40.3 Å². The Morgan fingerprint density at radius 1 is 1.41 bits per heavy atom. The molecule has 2 aromatic rings. The summed E-state index contributed by atoms with van der Waals surface area (Å²) in [5.74, 6) is 0. The van der Waals surface area contributed by atoms with E-state index in [1.807, 2.05) is 6.20 Å². The summed E-state index contributed by atoms with van der Waals surface area (Å²) in [6.07, 6.45) is 2.93. The van der Waals surface area contributed by atoms with Crippen molar-refractivity contribution in [3.63, 3.8) is 0 Å². The van der Waals surface area contributed by atoms with Crippen LogP contribution in [-0.2, 0) is 11.8 Å². The maximum atomic E-state index is 4.41. The highest BCUT2D eigenvalue weighted by atomic mass is 79.9. The maximum Gasteiger partial charge on any atom is 0.0934 e. The molecule has 0 atom stereocenters. The molecule has 0 bridgehead atoms. The van der Waals surface area contributed by atoms with E-state index in [0.29, 0.717) is 0 Å². The first-order valence-electron chi connectivity index (χ1n) is 5.64. The van der Waals surface area contributed by atoms with Gasteiger partial charge in [-0.15, -0.1) is 11.3 Å². The largest absolute Gasteiger partial charge is 0.315 e. The molecule has 4 heteroatoms. The molecular weight excluding hydrogens is 296 g/mol. The Morgan fingerprint density at radius 2 is 2.29 bits per heavy atom. The molecule has 0 saturated carbocycles. The van der Waals surface area contributed by atoms with Crippen LogP contribution in [-0.4, -0.2) is 18.1 Å². The lowest BCUT2D eigenvalue weighted by Crippen LogP contribution is -2.58. The van der Waals surface area contributed by atoms with Crippen LogP contribution in [0.2, 0.25) is 0 Å². The minimum Gasteiger partial charge on any atom is -0.315 e. The summed E-state index contributed by atoms with van der Waals surface area (Å²) >= 11 is 5.30. The van der Waals surface area contributed by atoms with Crippen LogP contribution in [0.4, 0.5) is 0 Å². The SMILES string of the molecule is Brc1cccc(C2(Cc3nccs3)CNC2)c1. The van der Waals surface area contributed by atoms with Gasteiger partial charge in [-0.25, -0.2) is 4.98 Å². The zero-order chi connectivity index (χ0) is 11.7. The van der Waals surface area contributed by atoms with E-state index in [1.165, 1.54) is 10.6 Å². The van der Waals surface area contributed by atoms with Crippen molar-refractivity contribution in [2.24, 2.45) is 0 Å². The number of hydrogen-bond donors (Lipinski definition) is 1.